The van der Waals surface area contributed by atoms with Crippen molar-refractivity contribution in [2.45, 2.75) is 0 Å². The van der Waals surface area contributed by atoms with Crippen LogP contribution in [0.3, 0.4) is 0 Å². The molecule has 0 aliphatic heterocycles. The fourth-order valence-electron chi connectivity index (χ4n) is 1.73. The zero-order valence-electron chi connectivity index (χ0n) is 8.71. The number of para-hydroxylation sites is 1. The van der Waals surface area contributed by atoms with E-state index >= 15 is 0 Å². The Labute approximate surface area is 93.7 Å². The summed E-state index contributed by atoms with van der Waals surface area (Å²) in [6.07, 6.45) is 4.00. The van der Waals surface area contributed by atoms with Crippen molar-refractivity contribution in [2.24, 2.45) is 0 Å². The molecule has 0 spiro atoms. The minimum atomic E-state index is 0.861. The van der Waals surface area contributed by atoms with Crippen LogP contribution >= 0.6 is 0 Å². The Bertz CT molecular complexity index is 598. The number of rotatable bonds is 2. The van der Waals surface area contributed by atoms with Gasteiger partial charge in [-0.3, -0.25) is 0 Å². The van der Waals surface area contributed by atoms with E-state index in [0.29, 0.717) is 0 Å². The first-order valence-electron chi connectivity index (χ1n) is 5.22. The van der Waals surface area contributed by atoms with Crippen molar-refractivity contribution in [3.63, 3.8) is 0 Å². The van der Waals surface area contributed by atoms with Gasteiger partial charge in [0.05, 0.1) is 5.52 Å². The molecule has 0 N–H and O–H groups in total. The minimum absolute atomic E-state index is 0.861. The Kier molecular flexibility index (Phi) is 2.11. The molecule has 0 saturated carbocycles. The third-order valence-corrected chi connectivity index (χ3v) is 2.50. The summed E-state index contributed by atoms with van der Waals surface area (Å²) in [5.41, 5.74) is 1.08. The van der Waals surface area contributed by atoms with Crippen LogP contribution in [0.2, 0.25) is 0 Å². The molecule has 16 heavy (non-hydrogen) atoms. The quantitative estimate of drug-likeness (QED) is 0.627. The maximum atomic E-state index is 5.81. The summed E-state index contributed by atoms with van der Waals surface area (Å²) in [4.78, 5) is 0. The number of pyridine rings is 1. The van der Waals surface area contributed by atoms with Crippen molar-refractivity contribution in [1.29, 1.82) is 0 Å². The molecule has 0 amide bonds. The molecule has 78 valence electrons. The molecule has 0 fully saturated rings. The second-order valence-corrected chi connectivity index (χ2v) is 3.59. The van der Waals surface area contributed by atoms with Gasteiger partial charge in [-0.25, -0.2) is 0 Å². The first-order chi connectivity index (χ1) is 7.93. The van der Waals surface area contributed by atoms with Crippen LogP contribution in [-0.4, -0.2) is 4.40 Å². The number of hydrogen-bond donors (Lipinski definition) is 0. The summed E-state index contributed by atoms with van der Waals surface area (Å²) < 4.78 is 7.85. The van der Waals surface area contributed by atoms with E-state index in [2.05, 4.69) is 0 Å². The molecule has 1 aromatic carbocycles. The van der Waals surface area contributed by atoms with Crippen molar-refractivity contribution in [2.75, 3.05) is 0 Å². The Hall–Kier alpha value is -2.22. The number of aromatic nitrogens is 1. The van der Waals surface area contributed by atoms with Crippen molar-refractivity contribution < 1.29 is 4.74 Å². The molecular weight excluding hydrogens is 198 g/mol. The van der Waals surface area contributed by atoms with Gasteiger partial charge in [-0.1, -0.05) is 24.3 Å². The summed E-state index contributed by atoms with van der Waals surface area (Å²) in [5, 5.41) is 0. The van der Waals surface area contributed by atoms with Crippen molar-refractivity contribution >= 4 is 5.52 Å². The fourth-order valence-corrected chi connectivity index (χ4v) is 1.73. The molecule has 0 radical (unpaired) electrons. The van der Waals surface area contributed by atoms with Gasteiger partial charge < -0.3 is 9.14 Å². The number of benzene rings is 1. The lowest BCUT2D eigenvalue weighted by Crippen LogP contribution is -1.83. The molecule has 2 aromatic heterocycles. The monoisotopic (exact) mass is 209 g/mol. The van der Waals surface area contributed by atoms with Crippen LogP contribution in [0.15, 0.2) is 67.0 Å². The lowest BCUT2D eigenvalue weighted by atomic mass is 10.3. The van der Waals surface area contributed by atoms with Gasteiger partial charge in [0.15, 0.2) is 5.75 Å². The lowest BCUT2D eigenvalue weighted by Gasteiger charge is -2.03. The molecule has 0 aliphatic rings. The van der Waals surface area contributed by atoms with E-state index in [1.165, 1.54) is 0 Å². The van der Waals surface area contributed by atoms with E-state index in [4.69, 9.17) is 4.74 Å². The molecule has 0 atom stereocenters. The molecule has 3 aromatic rings. The van der Waals surface area contributed by atoms with Gasteiger partial charge in [-0.2, -0.15) is 0 Å². The van der Waals surface area contributed by atoms with E-state index in [1.54, 1.807) is 0 Å². The summed E-state index contributed by atoms with van der Waals surface area (Å²) in [5.74, 6) is 1.74. The second kappa shape index (κ2) is 3.74. The van der Waals surface area contributed by atoms with Crippen LogP contribution in [-0.2, 0) is 0 Å². The topological polar surface area (TPSA) is 13.6 Å². The van der Waals surface area contributed by atoms with Gasteiger partial charge in [-0.05, 0) is 30.3 Å². The SMILES string of the molecule is c1ccc(Oc2ccn3ccccc23)cc1. The number of nitrogens with zero attached hydrogens (tertiary/aromatic N) is 1. The fraction of sp³-hybridized carbons (Fsp3) is 0. The van der Waals surface area contributed by atoms with Gasteiger partial charge in [0.2, 0.25) is 0 Å². The first-order valence-corrected chi connectivity index (χ1v) is 5.22. The Morgan fingerprint density at radius 2 is 1.56 bits per heavy atom. The number of fused-ring (bicyclic) bond motifs is 1. The van der Waals surface area contributed by atoms with Gasteiger partial charge in [0, 0.05) is 12.4 Å². The molecule has 0 unspecified atom stereocenters. The standard InChI is InChI=1S/C14H11NO/c1-2-6-12(7-3-1)16-14-9-11-15-10-5-4-8-13(14)15/h1-11H. The highest BCUT2D eigenvalue weighted by atomic mass is 16.5. The Balaban J connectivity index is 2.01. The summed E-state index contributed by atoms with van der Waals surface area (Å²) in [7, 11) is 0. The van der Waals surface area contributed by atoms with Crippen molar-refractivity contribution in [1.82, 2.24) is 4.40 Å². The van der Waals surface area contributed by atoms with E-state index in [-0.39, 0.29) is 0 Å². The van der Waals surface area contributed by atoms with Crippen LogP contribution in [0.25, 0.3) is 5.52 Å². The summed E-state index contributed by atoms with van der Waals surface area (Å²) in [6, 6.07) is 17.8. The normalized spacial score (nSPS) is 10.5. The predicted molar refractivity (Wildman–Crippen MR) is 63.9 cm³/mol. The highest BCUT2D eigenvalue weighted by molar-refractivity contribution is 5.61. The van der Waals surface area contributed by atoms with Crippen LogP contribution in [0.4, 0.5) is 0 Å². The molecule has 0 bridgehead atoms. The third kappa shape index (κ3) is 1.54. The van der Waals surface area contributed by atoms with Gasteiger partial charge in [0.1, 0.15) is 5.75 Å². The minimum Gasteiger partial charge on any atom is -0.455 e. The number of ether oxygens (including phenoxy) is 1. The van der Waals surface area contributed by atoms with Gasteiger partial charge >= 0.3 is 0 Å². The highest BCUT2D eigenvalue weighted by Gasteiger charge is 2.02. The Morgan fingerprint density at radius 3 is 2.44 bits per heavy atom. The average molecular weight is 209 g/mol. The zero-order valence-corrected chi connectivity index (χ0v) is 8.71. The van der Waals surface area contributed by atoms with E-state index in [0.717, 1.165) is 17.0 Å². The van der Waals surface area contributed by atoms with Gasteiger partial charge in [0.25, 0.3) is 0 Å². The van der Waals surface area contributed by atoms with E-state index < -0.39 is 0 Å². The molecule has 2 heteroatoms. The molecule has 2 heterocycles. The first kappa shape index (κ1) is 9.04. The molecular formula is C14H11NO. The summed E-state index contributed by atoms with van der Waals surface area (Å²) in [6.45, 7) is 0. The zero-order chi connectivity index (χ0) is 10.8. The van der Waals surface area contributed by atoms with Crippen LogP contribution in [0.1, 0.15) is 0 Å². The van der Waals surface area contributed by atoms with Crippen LogP contribution in [0, 0.1) is 0 Å². The largest absolute Gasteiger partial charge is 0.455 e. The van der Waals surface area contributed by atoms with Crippen molar-refractivity contribution in [3.8, 4) is 11.5 Å². The molecule has 3 rings (SSSR count). The molecule has 2 nitrogen and oxygen atoms in total. The highest BCUT2D eigenvalue weighted by Crippen LogP contribution is 2.26. The van der Waals surface area contributed by atoms with E-state index in [1.807, 2.05) is 71.4 Å². The molecule has 0 saturated heterocycles. The van der Waals surface area contributed by atoms with E-state index in [9.17, 15) is 0 Å². The van der Waals surface area contributed by atoms with Gasteiger partial charge in [-0.15, -0.1) is 0 Å². The average Bonchev–Trinajstić information content (AvgIpc) is 2.74. The Morgan fingerprint density at radius 1 is 0.750 bits per heavy atom. The summed E-state index contributed by atoms with van der Waals surface area (Å²) >= 11 is 0. The lowest BCUT2D eigenvalue weighted by molar-refractivity contribution is 0.488. The van der Waals surface area contributed by atoms with Crippen molar-refractivity contribution in [3.05, 3.63) is 67.0 Å². The maximum Gasteiger partial charge on any atom is 0.152 e. The van der Waals surface area contributed by atoms with Crippen LogP contribution < -0.4 is 4.74 Å². The third-order valence-electron chi connectivity index (χ3n) is 2.50. The smallest absolute Gasteiger partial charge is 0.152 e. The second-order valence-electron chi connectivity index (χ2n) is 3.59. The molecule has 0 aliphatic carbocycles. The maximum absolute atomic E-state index is 5.81. The predicted octanol–water partition coefficient (Wildman–Crippen LogP) is 3.73. The number of hydrogen-bond acceptors (Lipinski definition) is 1. The van der Waals surface area contributed by atoms with Crippen LogP contribution in [0.5, 0.6) is 11.5 Å².